The first-order valence-electron chi connectivity index (χ1n) is 4.28. The van der Waals surface area contributed by atoms with Gasteiger partial charge in [0, 0.05) is 0 Å². The van der Waals surface area contributed by atoms with Crippen molar-refractivity contribution in [1.82, 2.24) is 9.71 Å². The van der Waals surface area contributed by atoms with Gasteiger partial charge in [0.1, 0.15) is 11.5 Å². The van der Waals surface area contributed by atoms with Crippen molar-refractivity contribution in [1.29, 1.82) is 0 Å². The van der Waals surface area contributed by atoms with E-state index in [1.54, 1.807) is 0 Å². The Labute approximate surface area is 96.0 Å². The Kier molecular flexibility index (Phi) is 3.31. The summed E-state index contributed by atoms with van der Waals surface area (Å²) in [5.41, 5.74) is -0.642. The Hall–Kier alpha value is -0.690. The van der Waals surface area contributed by atoms with Crippen molar-refractivity contribution in [3.8, 4) is 0 Å². The molecule has 0 unspecified atom stereocenters. The van der Waals surface area contributed by atoms with Crippen LogP contribution in [0.15, 0.2) is 6.20 Å². The molecule has 0 saturated heterocycles. The highest BCUT2D eigenvalue weighted by atomic mass is 31.2. The minimum atomic E-state index is -5.23. The largest absolute Gasteiger partial charge is 0.427 e. The first-order chi connectivity index (χ1) is 7.43. The lowest BCUT2D eigenvalue weighted by atomic mass is 10.3. The first-order valence-corrected chi connectivity index (χ1v) is 7.50. The number of nitrogens with zero attached hydrogens (tertiary/aromatic N) is 2. The standard InChI is InChI=1S/C6H12N2O7P2/c1-4-7-3-5(8(4)9)6(2,16(10,11)12)17(13,14)15/h3,9H,1-2H3,(H2,10,11,12)(H2,13,14,15). The molecule has 0 radical (unpaired) electrons. The van der Waals surface area contributed by atoms with E-state index in [0.29, 0.717) is 6.92 Å². The number of aromatic nitrogens is 2. The van der Waals surface area contributed by atoms with Gasteiger partial charge in [-0.15, -0.1) is 0 Å². The number of hydrogen-bond donors (Lipinski definition) is 5. The highest BCUT2D eigenvalue weighted by Crippen LogP contribution is 2.74. The average molecular weight is 286 g/mol. The minimum Gasteiger partial charge on any atom is -0.427 e. The molecule has 1 heterocycles. The van der Waals surface area contributed by atoms with Crippen LogP contribution in [0.2, 0.25) is 0 Å². The van der Waals surface area contributed by atoms with E-state index in [9.17, 15) is 14.3 Å². The maximum absolute atomic E-state index is 11.3. The molecular formula is C6H12N2O7P2. The van der Waals surface area contributed by atoms with Crippen LogP contribution in [0, 0.1) is 6.92 Å². The zero-order valence-corrected chi connectivity index (χ0v) is 10.7. The van der Waals surface area contributed by atoms with E-state index in [1.165, 1.54) is 6.92 Å². The molecule has 0 spiro atoms. The second-order valence-corrected chi connectivity index (χ2v) is 7.93. The number of hydrogen-bond acceptors (Lipinski definition) is 4. The molecule has 0 aliphatic rings. The third-order valence-corrected chi connectivity index (χ3v) is 6.82. The summed E-state index contributed by atoms with van der Waals surface area (Å²) in [7, 11) is -10.5. The van der Waals surface area contributed by atoms with Crippen molar-refractivity contribution in [2.24, 2.45) is 0 Å². The van der Waals surface area contributed by atoms with E-state index in [-0.39, 0.29) is 10.6 Å². The van der Waals surface area contributed by atoms with Crippen molar-refractivity contribution in [2.45, 2.75) is 18.7 Å². The smallest absolute Gasteiger partial charge is 0.349 e. The SMILES string of the molecule is Cc1ncc(C(C)(P(=O)(O)O)P(=O)(O)O)n1O. The van der Waals surface area contributed by atoms with Gasteiger partial charge in [0.05, 0.1) is 6.20 Å². The Bertz CT molecular complexity index is 504. The highest BCUT2D eigenvalue weighted by Gasteiger charge is 2.60. The maximum atomic E-state index is 11.3. The molecule has 0 fully saturated rings. The lowest BCUT2D eigenvalue weighted by molar-refractivity contribution is 0.163. The van der Waals surface area contributed by atoms with Crippen LogP contribution in [0.3, 0.4) is 0 Å². The third kappa shape index (κ3) is 2.06. The molecule has 1 rings (SSSR count). The lowest BCUT2D eigenvalue weighted by Gasteiger charge is -2.30. The van der Waals surface area contributed by atoms with Crippen LogP contribution in [0.4, 0.5) is 0 Å². The molecule has 0 bridgehead atoms. The van der Waals surface area contributed by atoms with Crippen molar-refractivity contribution in [2.75, 3.05) is 0 Å². The van der Waals surface area contributed by atoms with Crippen LogP contribution in [-0.4, -0.2) is 34.5 Å². The normalized spacial score (nSPS) is 14.0. The monoisotopic (exact) mass is 286 g/mol. The summed E-state index contributed by atoms with van der Waals surface area (Å²) in [5, 5.41) is 9.47. The van der Waals surface area contributed by atoms with Crippen molar-refractivity contribution < 1.29 is 33.9 Å². The van der Waals surface area contributed by atoms with Crippen LogP contribution in [-0.2, 0) is 14.0 Å². The molecule has 0 atom stereocenters. The van der Waals surface area contributed by atoms with E-state index < -0.39 is 25.8 Å². The maximum Gasteiger partial charge on any atom is 0.349 e. The summed E-state index contributed by atoms with van der Waals surface area (Å²) >= 11 is 0. The fourth-order valence-corrected chi connectivity index (χ4v) is 3.49. The molecule has 0 aliphatic carbocycles. The molecule has 0 saturated carbocycles. The topological polar surface area (TPSA) is 153 Å². The highest BCUT2D eigenvalue weighted by molar-refractivity contribution is 7.71. The summed E-state index contributed by atoms with van der Waals surface area (Å²) in [4.78, 5) is 37.2. The molecule has 17 heavy (non-hydrogen) atoms. The molecule has 0 amide bonds. The Morgan fingerprint density at radius 2 is 1.65 bits per heavy atom. The quantitative estimate of drug-likeness (QED) is 0.383. The predicted molar refractivity (Wildman–Crippen MR) is 55.6 cm³/mol. The Morgan fingerprint density at radius 3 is 1.88 bits per heavy atom. The summed E-state index contributed by atoms with van der Waals surface area (Å²) in [6.07, 6.45) is 0.813. The lowest BCUT2D eigenvalue weighted by Crippen LogP contribution is -2.25. The van der Waals surface area contributed by atoms with E-state index in [1.807, 2.05) is 0 Å². The van der Waals surface area contributed by atoms with Gasteiger partial charge in [0.25, 0.3) is 0 Å². The first kappa shape index (κ1) is 14.4. The number of imidazole rings is 1. The van der Waals surface area contributed by atoms with Gasteiger partial charge < -0.3 is 24.8 Å². The van der Waals surface area contributed by atoms with Crippen molar-refractivity contribution >= 4 is 15.2 Å². The fraction of sp³-hybridized carbons (Fsp3) is 0.500. The van der Waals surface area contributed by atoms with Gasteiger partial charge in [0.2, 0.25) is 4.90 Å². The molecule has 0 aromatic carbocycles. The number of aryl methyl sites for hydroxylation is 1. The molecule has 98 valence electrons. The van der Waals surface area contributed by atoms with Crippen molar-refractivity contribution in [3.05, 3.63) is 17.7 Å². The Morgan fingerprint density at radius 1 is 1.24 bits per heavy atom. The number of rotatable bonds is 3. The van der Waals surface area contributed by atoms with E-state index in [2.05, 4.69) is 4.98 Å². The van der Waals surface area contributed by atoms with E-state index in [0.717, 1.165) is 6.20 Å². The van der Waals surface area contributed by atoms with Crippen molar-refractivity contribution in [3.63, 3.8) is 0 Å². The van der Waals surface area contributed by atoms with Gasteiger partial charge in [-0.1, -0.05) is 0 Å². The van der Waals surface area contributed by atoms with Gasteiger partial charge in [-0.2, -0.15) is 4.73 Å². The van der Waals surface area contributed by atoms with Crippen LogP contribution in [0.25, 0.3) is 0 Å². The summed E-state index contributed by atoms with van der Waals surface area (Å²) in [6.45, 7) is 1.99. The zero-order chi connectivity index (χ0) is 13.6. The third-order valence-electron chi connectivity index (χ3n) is 2.53. The molecule has 1 aromatic heterocycles. The van der Waals surface area contributed by atoms with Gasteiger partial charge in [-0.05, 0) is 13.8 Å². The van der Waals surface area contributed by atoms with E-state index >= 15 is 0 Å². The van der Waals surface area contributed by atoms with Crippen LogP contribution >= 0.6 is 15.2 Å². The molecular weight excluding hydrogens is 274 g/mol. The van der Waals surface area contributed by atoms with Gasteiger partial charge in [0.15, 0.2) is 0 Å². The molecule has 1 aromatic rings. The molecule has 0 aliphatic heterocycles. The van der Waals surface area contributed by atoms with E-state index in [4.69, 9.17) is 19.6 Å². The molecule has 11 heteroatoms. The minimum absolute atomic E-state index is 0.0480. The van der Waals surface area contributed by atoms with Gasteiger partial charge in [-0.25, -0.2) is 4.98 Å². The second-order valence-electron chi connectivity index (χ2n) is 3.61. The second kappa shape index (κ2) is 3.91. The summed E-state index contributed by atoms with van der Waals surface area (Å²) in [5.74, 6) is -0.0480. The fourth-order valence-electron chi connectivity index (χ4n) is 1.23. The van der Waals surface area contributed by atoms with Crippen LogP contribution in [0.5, 0.6) is 0 Å². The summed E-state index contributed by atoms with van der Waals surface area (Å²) in [6, 6.07) is 0. The predicted octanol–water partition coefficient (Wildman–Crippen LogP) is -0.0431. The van der Waals surface area contributed by atoms with Gasteiger partial charge in [-0.3, -0.25) is 9.13 Å². The Balaban J connectivity index is 3.64. The van der Waals surface area contributed by atoms with Crippen LogP contribution < -0.4 is 0 Å². The zero-order valence-electron chi connectivity index (χ0n) is 8.92. The van der Waals surface area contributed by atoms with Crippen LogP contribution in [0.1, 0.15) is 18.4 Å². The molecule has 9 nitrogen and oxygen atoms in total. The average Bonchev–Trinajstić information content (AvgIpc) is 2.43. The summed E-state index contributed by atoms with van der Waals surface area (Å²) < 4.78 is 22.9. The molecule has 5 N–H and O–H groups in total. The van der Waals surface area contributed by atoms with Gasteiger partial charge >= 0.3 is 15.2 Å².